The van der Waals surface area contributed by atoms with Gasteiger partial charge in [-0.15, -0.1) is 0 Å². The van der Waals surface area contributed by atoms with Crippen molar-refractivity contribution in [1.29, 1.82) is 0 Å². The highest BCUT2D eigenvalue weighted by atomic mass is 14.0. The predicted molar refractivity (Wildman–Crippen MR) is 29.6 cm³/mol. The van der Waals surface area contributed by atoms with E-state index in [4.69, 9.17) is 6.58 Å². The molecule has 0 N–H and O–H groups in total. The van der Waals surface area contributed by atoms with Gasteiger partial charge in [0.15, 0.2) is 0 Å². The molecule has 0 unspecified atom stereocenters. The van der Waals surface area contributed by atoms with Crippen molar-refractivity contribution in [3.8, 4) is 0 Å². The maximum atomic E-state index is 6.77. The lowest BCUT2D eigenvalue weighted by Crippen LogP contribution is -1.76. The zero-order valence-corrected chi connectivity index (χ0v) is 3.96. The van der Waals surface area contributed by atoms with Crippen LogP contribution in [0.1, 0.15) is 0 Å². The van der Waals surface area contributed by atoms with Gasteiger partial charge in [-0.1, -0.05) is 30.4 Å². The Bertz CT molecular complexity index is 106. The third-order valence-corrected chi connectivity index (χ3v) is 0.970. The Kier molecular flexibility index (Phi) is 1.12. The highest BCUT2D eigenvalue weighted by Gasteiger charge is 1.93. The van der Waals surface area contributed by atoms with Gasteiger partial charge in [0.05, 0.1) is 0 Å². The largest absolute Gasteiger partial charge is 0.0738 e. The maximum Gasteiger partial charge on any atom is 0.0143 e. The minimum Gasteiger partial charge on any atom is -0.0738 e. The highest BCUT2D eigenvalue weighted by molar-refractivity contribution is 5.21. The molecule has 0 atom stereocenters. The van der Waals surface area contributed by atoms with E-state index >= 15 is 0 Å². The summed E-state index contributed by atoms with van der Waals surface area (Å²) in [5.74, 6) is 0.278. The summed E-state index contributed by atoms with van der Waals surface area (Å²) in [7, 11) is 0. The minimum atomic E-state index is 0.278. The number of hydrogen-bond acceptors (Lipinski definition) is 0. The van der Waals surface area contributed by atoms with Crippen molar-refractivity contribution in [2.24, 2.45) is 5.92 Å². The first-order valence-corrected chi connectivity index (χ1v) is 2.29. The maximum absolute atomic E-state index is 6.77. The predicted octanol–water partition coefficient (Wildman–Crippen LogP) is 1.59. The normalized spacial score (nSPS) is 18.3. The zero-order chi connectivity index (χ0) is 5.11. The molecular formula is C7H6. The monoisotopic (exact) mass is 90.0 g/mol. The van der Waals surface area contributed by atoms with Crippen molar-refractivity contribution in [3.63, 3.8) is 0 Å². The molecule has 0 aliphatic heterocycles. The van der Waals surface area contributed by atoms with Crippen LogP contribution in [0.25, 0.3) is 0 Å². The third-order valence-electron chi connectivity index (χ3n) is 0.970. The van der Waals surface area contributed by atoms with E-state index in [0.29, 0.717) is 0 Å². The first-order valence-electron chi connectivity index (χ1n) is 2.29. The molecule has 0 fully saturated rings. The summed E-state index contributed by atoms with van der Waals surface area (Å²) < 4.78 is 0. The molecule has 0 nitrogen and oxygen atoms in total. The SMILES string of the molecule is [C]=CC1C=CC=C1. The van der Waals surface area contributed by atoms with Crippen LogP contribution in [0.4, 0.5) is 0 Å². The molecule has 0 saturated heterocycles. The molecule has 1 aliphatic rings. The molecule has 1 rings (SSSR count). The Morgan fingerprint density at radius 3 is 2.14 bits per heavy atom. The van der Waals surface area contributed by atoms with Crippen molar-refractivity contribution in [1.82, 2.24) is 0 Å². The summed E-state index contributed by atoms with van der Waals surface area (Å²) in [6.45, 7) is 6.77. The molecule has 0 aromatic carbocycles. The summed E-state index contributed by atoms with van der Waals surface area (Å²) in [4.78, 5) is 0. The highest BCUT2D eigenvalue weighted by Crippen LogP contribution is 2.07. The number of hydrogen-bond donors (Lipinski definition) is 0. The van der Waals surface area contributed by atoms with Crippen molar-refractivity contribution in [2.45, 2.75) is 0 Å². The van der Waals surface area contributed by atoms with Gasteiger partial charge in [-0.05, 0) is 6.58 Å². The lowest BCUT2D eigenvalue weighted by molar-refractivity contribution is 1.10. The second kappa shape index (κ2) is 1.78. The van der Waals surface area contributed by atoms with E-state index in [1.165, 1.54) is 6.08 Å². The number of allylic oxidation sites excluding steroid dienone is 5. The van der Waals surface area contributed by atoms with Crippen molar-refractivity contribution >= 4 is 0 Å². The van der Waals surface area contributed by atoms with Gasteiger partial charge in [-0.25, -0.2) is 0 Å². The average molecular weight is 90.1 g/mol. The van der Waals surface area contributed by atoms with Gasteiger partial charge < -0.3 is 0 Å². The molecule has 0 saturated carbocycles. The first kappa shape index (κ1) is 4.38. The van der Waals surface area contributed by atoms with Gasteiger partial charge in [-0.2, -0.15) is 0 Å². The Hall–Kier alpha value is -0.780. The Balaban J connectivity index is 2.59. The van der Waals surface area contributed by atoms with Crippen LogP contribution in [0.2, 0.25) is 0 Å². The van der Waals surface area contributed by atoms with Crippen molar-refractivity contribution < 1.29 is 0 Å². The molecule has 0 amide bonds. The van der Waals surface area contributed by atoms with E-state index in [0.717, 1.165) is 0 Å². The van der Waals surface area contributed by atoms with Crippen molar-refractivity contribution in [2.75, 3.05) is 0 Å². The van der Waals surface area contributed by atoms with Gasteiger partial charge in [0.1, 0.15) is 0 Å². The lowest BCUT2D eigenvalue weighted by Gasteiger charge is -1.87. The molecule has 0 heteroatoms. The lowest BCUT2D eigenvalue weighted by atomic mass is 10.2. The van der Waals surface area contributed by atoms with E-state index in [2.05, 4.69) is 0 Å². The molecule has 0 aromatic heterocycles. The Morgan fingerprint density at radius 1 is 1.29 bits per heavy atom. The summed E-state index contributed by atoms with van der Waals surface area (Å²) in [5.41, 5.74) is 0. The summed E-state index contributed by atoms with van der Waals surface area (Å²) in [5, 5.41) is 0. The fourth-order valence-corrected chi connectivity index (χ4v) is 0.560. The van der Waals surface area contributed by atoms with Gasteiger partial charge >= 0.3 is 0 Å². The minimum absolute atomic E-state index is 0.278. The fraction of sp³-hybridized carbons (Fsp3) is 0.143. The Labute approximate surface area is 43.9 Å². The molecule has 0 heterocycles. The van der Waals surface area contributed by atoms with E-state index in [9.17, 15) is 0 Å². The fourth-order valence-electron chi connectivity index (χ4n) is 0.560. The molecule has 2 radical (unpaired) electrons. The second-order valence-electron chi connectivity index (χ2n) is 1.51. The molecular weight excluding hydrogens is 84.1 g/mol. The van der Waals surface area contributed by atoms with Gasteiger partial charge in [-0.3, -0.25) is 0 Å². The molecule has 0 spiro atoms. The van der Waals surface area contributed by atoms with Crippen LogP contribution in [0, 0.1) is 12.5 Å². The van der Waals surface area contributed by atoms with Crippen LogP contribution in [-0.2, 0) is 0 Å². The quantitative estimate of drug-likeness (QED) is 0.458. The Morgan fingerprint density at radius 2 is 1.86 bits per heavy atom. The van der Waals surface area contributed by atoms with E-state index in [1.807, 2.05) is 24.3 Å². The van der Waals surface area contributed by atoms with Crippen LogP contribution in [0.3, 0.4) is 0 Å². The molecule has 7 heavy (non-hydrogen) atoms. The van der Waals surface area contributed by atoms with Gasteiger partial charge in [0, 0.05) is 5.92 Å². The third kappa shape index (κ3) is 0.801. The van der Waals surface area contributed by atoms with Crippen LogP contribution in [0.5, 0.6) is 0 Å². The first-order chi connectivity index (χ1) is 3.43. The van der Waals surface area contributed by atoms with E-state index in [-0.39, 0.29) is 5.92 Å². The van der Waals surface area contributed by atoms with Crippen LogP contribution in [0.15, 0.2) is 30.4 Å². The molecule has 0 aromatic rings. The summed E-state index contributed by atoms with van der Waals surface area (Å²) in [6.07, 6.45) is 9.28. The smallest absolute Gasteiger partial charge is 0.0143 e. The molecule has 0 bridgehead atoms. The van der Waals surface area contributed by atoms with Crippen LogP contribution < -0.4 is 0 Å². The van der Waals surface area contributed by atoms with Crippen molar-refractivity contribution in [3.05, 3.63) is 37.0 Å². The van der Waals surface area contributed by atoms with Crippen LogP contribution >= 0.6 is 0 Å². The molecule has 1 aliphatic carbocycles. The zero-order valence-electron chi connectivity index (χ0n) is 3.96. The summed E-state index contributed by atoms with van der Waals surface area (Å²) >= 11 is 0. The number of rotatable bonds is 1. The van der Waals surface area contributed by atoms with Crippen LogP contribution in [-0.4, -0.2) is 0 Å². The topological polar surface area (TPSA) is 0 Å². The average Bonchev–Trinajstić information content (AvgIpc) is 2.14. The van der Waals surface area contributed by atoms with Gasteiger partial charge in [0.2, 0.25) is 0 Å². The molecule has 34 valence electrons. The summed E-state index contributed by atoms with van der Waals surface area (Å²) in [6, 6.07) is 0. The van der Waals surface area contributed by atoms with Gasteiger partial charge in [0.25, 0.3) is 0 Å². The van der Waals surface area contributed by atoms with E-state index < -0.39 is 0 Å². The second-order valence-corrected chi connectivity index (χ2v) is 1.51. The standard InChI is InChI=1S/C7H6/c1-2-7-5-3-4-6-7/h2-7H. The van der Waals surface area contributed by atoms with E-state index in [1.54, 1.807) is 0 Å².